The zero-order chi connectivity index (χ0) is 31.8. The fourth-order valence-corrected chi connectivity index (χ4v) is 6.73. The molecule has 1 unspecified atom stereocenters. The second-order valence-corrected chi connectivity index (χ2v) is 12.2. The second-order valence-electron chi connectivity index (χ2n) is 11.8. The van der Waals surface area contributed by atoms with Gasteiger partial charge in [0.1, 0.15) is 18.2 Å². The third kappa shape index (κ3) is 5.72. The van der Waals surface area contributed by atoms with Crippen molar-refractivity contribution in [2.75, 3.05) is 44.7 Å². The Morgan fingerprint density at radius 2 is 1.93 bits per heavy atom. The maximum Gasteiger partial charge on any atom is 0.247 e. The van der Waals surface area contributed by atoms with Crippen LogP contribution in [0, 0.1) is 5.82 Å². The molecule has 1 saturated heterocycles. The summed E-state index contributed by atoms with van der Waals surface area (Å²) in [6.07, 6.45) is 11.5. The summed E-state index contributed by atoms with van der Waals surface area (Å²) in [6, 6.07) is 10.1. The standard InChI is InChI=1S/C34H32ClFN8O2/c1-41-15-17-42(18-16-41)34-26-12-14-43(31(46)10-7-27-29(44-21-38-39-40-44)9-8-28(35)32(27)36)33(25(26)11-13-37-34)30(45)20-22-5-6-23-3-2-4-24(23)19-22/h2-3,5-11,13,19,21,33H,4,12,14-18,20H2,1H3/b10-7+. The molecule has 2 aliphatic heterocycles. The maximum absolute atomic E-state index is 15.3. The Bertz CT molecular complexity index is 1870. The van der Waals surface area contributed by atoms with Gasteiger partial charge < -0.3 is 14.7 Å². The molecule has 4 aromatic rings. The average molecular weight is 639 g/mol. The van der Waals surface area contributed by atoms with Gasteiger partial charge in [-0.15, -0.1) is 5.10 Å². The summed E-state index contributed by atoms with van der Waals surface area (Å²) < 4.78 is 16.6. The van der Waals surface area contributed by atoms with Crippen LogP contribution in [0.15, 0.2) is 61.1 Å². The van der Waals surface area contributed by atoms with Gasteiger partial charge in [-0.2, -0.15) is 4.68 Å². The highest BCUT2D eigenvalue weighted by atomic mass is 35.5. The van der Waals surface area contributed by atoms with Gasteiger partial charge in [0.05, 0.1) is 10.7 Å². The molecule has 46 heavy (non-hydrogen) atoms. The molecule has 0 saturated carbocycles. The molecule has 2 aromatic heterocycles. The number of Topliss-reactive ketones (excluding diaryl/α,β-unsaturated/α-hetero) is 1. The van der Waals surface area contributed by atoms with E-state index in [0.717, 1.165) is 55.1 Å². The number of rotatable bonds is 7. The van der Waals surface area contributed by atoms with Crippen molar-refractivity contribution in [1.82, 2.24) is 35.0 Å². The van der Waals surface area contributed by atoms with Gasteiger partial charge in [0.2, 0.25) is 5.91 Å². The van der Waals surface area contributed by atoms with Crippen LogP contribution in [0.25, 0.3) is 17.8 Å². The SMILES string of the molecule is CN1CCN(c2nccc3c2CCN(C(=O)/C=C/c2c(-n4cnnn4)ccc(Cl)c2F)C3C(=O)Cc2ccc3c(c2)CC=C3)CC1. The molecule has 2 aromatic carbocycles. The minimum absolute atomic E-state index is 0.0572. The van der Waals surface area contributed by atoms with Crippen LogP contribution in [-0.4, -0.2) is 86.5 Å². The number of likely N-dealkylation sites (N-methyl/N-ethyl adjacent to an activating group) is 1. The van der Waals surface area contributed by atoms with Gasteiger partial charge in [-0.3, -0.25) is 9.59 Å². The van der Waals surface area contributed by atoms with Gasteiger partial charge in [0, 0.05) is 62.5 Å². The van der Waals surface area contributed by atoms with Crippen molar-refractivity contribution in [3.63, 3.8) is 0 Å². The summed E-state index contributed by atoms with van der Waals surface area (Å²) in [5.74, 6) is -0.333. The third-order valence-corrected chi connectivity index (χ3v) is 9.28. The van der Waals surface area contributed by atoms with E-state index in [4.69, 9.17) is 16.6 Å². The van der Waals surface area contributed by atoms with E-state index >= 15 is 4.39 Å². The lowest BCUT2D eigenvalue weighted by Gasteiger charge is -2.39. The number of nitrogens with zero attached hydrogens (tertiary/aromatic N) is 8. The third-order valence-electron chi connectivity index (χ3n) is 8.99. The number of carbonyl (C=O) groups excluding carboxylic acids is 2. The van der Waals surface area contributed by atoms with Crippen LogP contribution in [0.5, 0.6) is 0 Å². The fourth-order valence-electron chi connectivity index (χ4n) is 6.57. The zero-order valence-electron chi connectivity index (χ0n) is 25.3. The van der Waals surface area contributed by atoms with E-state index < -0.39 is 17.8 Å². The van der Waals surface area contributed by atoms with E-state index in [2.05, 4.69) is 50.6 Å². The Kier molecular flexibility index (Phi) is 8.18. The van der Waals surface area contributed by atoms with E-state index in [1.165, 1.54) is 40.4 Å². The quantitative estimate of drug-likeness (QED) is 0.279. The first-order chi connectivity index (χ1) is 22.4. The average Bonchev–Trinajstić information content (AvgIpc) is 3.77. The van der Waals surface area contributed by atoms with E-state index in [1.54, 1.807) is 17.2 Å². The lowest BCUT2D eigenvalue weighted by molar-refractivity contribution is -0.136. The number of anilines is 1. The van der Waals surface area contributed by atoms with Gasteiger partial charge in [-0.1, -0.05) is 42.0 Å². The molecule has 0 radical (unpaired) electrons. The molecule has 1 aliphatic carbocycles. The summed E-state index contributed by atoms with van der Waals surface area (Å²) >= 11 is 6.10. The summed E-state index contributed by atoms with van der Waals surface area (Å²) in [6.45, 7) is 3.82. The molecule has 10 nitrogen and oxygen atoms in total. The molecule has 7 rings (SSSR count). The van der Waals surface area contributed by atoms with E-state index in [-0.39, 0.29) is 22.8 Å². The van der Waals surface area contributed by atoms with Crippen LogP contribution in [0.3, 0.4) is 0 Å². The molecule has 12 heteroatoms. The normalized spacial score (nSPS) is 17.8. The first-order valence-electron chi connectivity index (χ1n) is 15.3. The van der Waals surface area contributed by atoms with Crippen molar-refractivity contribution in [3.05, 3.63) is 105 Å². The van der Waals surface area contributed by atoms with Crippen LogP contribution >= 0.6 is 11.6 Å². The van der Waals surface area contributed by atoms with Crippen LogP contribution in [0.1, 0.15) is 39.4 Å². The highest BCUT2D eigenvalue weighted by Gasteiger charge is 2.37. The largest absolute Gasteiger partial charge is 0.354 e. The van der Waals surface area contributed by atoms with Crippen molar-refractivity contribution in [3.8, 4) is 5.69 Å². The molecule has 1 amide bonds. The number of pyridine rings is 1. The fraction of sp³-hybridized carbons (Fsp3) is 0.294. The van der Waals surface area contributed by atoms with Crippen molar-refractivity contribution in [2.24, 2.45) is 0 Å². The van der Waals surface area contributed by atoms with Gasteiger partial charge in [-0.05, 0) is 76.8 Å². The molecule has 0 bridgehead atoms. The summed E-state index contributed by atoms with van der Waals surface area (Å²) in [5, 5.41) is 11.0. The van der Waals surface area contributed by atoms with Gasteiger partial charge in [0.15, 0.2) is 11.6 Å². The molecule has 1 atom stereocenters. The molecule has 3 aliphatic rings. The highest BCUT2D eigenvalue weighted by molar-refractivity contribution is 6.31. The number of allylic oxidation sites excluding steroid dienone is 1. The lowest BCUT2D eigenvalue weighted by Crippen LogP contribution is -2.47. The lowest BCUT2D eigenvalue weighted by atomic mass is 9.87. The maximum atomic E-state index is 15.3. The number of carbonyl (C=O) groups is 2. The molecular weight excluding hydrogens is 607 g/mol. The summed E-state index contributed by atoms with van der Waals surface area (Å²) in [4.78, 5) is 39.1. The Hall–Kier alpha value is -4.74. The number of aromatic nitrogens is 5. The molecule has 4 heterocycles. The number of tetrazole rings is 1. The number of benzene rings is 2. The Labute approximate surface area is 270 Å². The number of halogens is 2. The molecule has 0 spiro atoms. The van der Waals surface area contributed by atoms with Crippen molar-refractivity contribution >= 4 is 41.3 Å². The molecular formula is C34H32ClFN8O2. The predicted octanol–water partition coefficient (Wildman–Crippen LogP) is 4.12. The Balaban J connectivity index is 1.23. The smallest absolute Gasteiger partial charge is 0.247 e. The Morgan fingerprint density at radius 1 is 1.09 bits per heavy atom. The van der Waals surface area contributed by atoms with Gasteiger partial charge >= 0.3 is 0 Å². The minimum Gasteiger partial charge on any atom is -0.354 e. The predicted molar refractivity (Wildman–Crippen MR) is 173 cm³/mol. The summed E-state index contributed by atoms with van der Waals surface area (Å²) in [5.41, 5.74) is 5.42. The van der Waals surface area contributed by atoms with Crippen LogP contribution in [-0.2, 0) is 28.9 Å². The number of ketones is 1. The molecule has 1 fully saturated rings. The number of hydrogen-bond acceptors (Lipinski definition) is 8. The number of fused-ring (bicyclic) bond motifs is 2. The van der Waals surface area contributed by atoms with Crippen molar-refractivity contribution < 1.29 is 14.0 Å². The molecule has 0 N–H and O–H groups in total. The van der Waals surface area contributed by atoms with E-state index in [0.29, 0.717) is 18.7 Å². The van der Waals surface area contributed by atoms with E-state index in [1.807, 2.05) is 18.2 Å². The van der Waals surface area contributed by atoms with E-state index in [9.17, 15) is 9.59 Å². The number of hydrogen-bond donors (Lipinski definition) is 0. The zero-order valence-corrected chi connectivity index (χ0v) is 26.1. The van der Waals surface area contributed by atoms with Crippen LogP contribution < -0.4 is 4.90 Å². The van der Waals surface area contributed by atoms with Crippen molar-refractivity contribution in [2.45, 2.75) is 25.3 Å². The summed E-state index contributed by atoms with van der Waals surface area (Å²) in [7, 11) is 2.10. The van der Waals surface area contributed by atoms with Crippen molar-refractivity contribution in [1.29, 1.82) is 0 Å². The number of piperazine rings is 1. The second kappa shape index (κ2) is 12.6. The topological polar surface area (TPSA) is 100 Å². The monoisotopic (exact) mass is 638 g/mol. The highest BCUT2D eigenvalue weighted by Crippen LogP contribution is 2.37. The minimum atomic E-state index is -0.829. The van der Waals surface area contributed by atoms with Crippen LogP contribution in [0.2, 0.25) is 5.02 Å². The number of amides is 1. The van der Waals surface area contributed by atoms with Gasteiger partial charge in [0.25, 0.3) is 0 Å². The Morgan fingerprint density at radius 3 is 2.74 bits per heavy atom. The first kappa shape index (κ1) is 29.9. The molecule has 234 valence electrons. The first-order valence-corrected chi connectivity index (χ1v) is 15.7. The van der Waals surface area contributed by atoms with Gasteiger partial charge in [-0.25, -0.2) is 9.37 Å². The van der Waals surface area contributed by atoms with Crippen LogP contribution in [0.4, 0.5) is 10.2 Å².